The van der Waals surface area contributed by atoms with E-state index >= 15 is 0 Å². The lowest BCUT2D eigenvalue weighted by Crippen LogP contribution is -1.96. The molecule has 0 radical (unpaired) electrons. The molecule has 0 aliphatic rings. The number of hydrogen-bond donors (Lipinski definition) is 0. The van der Waals surface area contributed by atoms with Crippen LogP contribution in [0.3, 0.4) is 0 Å². The van der Waals surface area contributed by atoms with Crippen LogP contribution in [-0.2, 0) is 0 Å². The molecule has 1 aromatic carbocycles. The van der Waals surface area contributed by atoms with E-state index in [4.69, 9.17) is 0 Å². The highest BCUT2D eigenvalue weighted by atomic mass is 32.2. The Hall–Kier alpha value is -1.43. The number of aromatic nitrogens is 2. The van der Waals surface area contributed by atoms with Gasteiger partial charge in [0.1, 0.15) is 5.52 Å². The smallest absolute Gasteiger partial charge is 0.186 e. The summed E-state index contributed by atoms with van der Waals surface area (Å²) in [5.41, 5.74) is 1.12. The molecule has 6 heteroatoms. The topological polar surface area (TPSA) is 34.9 Å². The van der Waals surface area contributed by atoms with E-state index in [0.29, 0.717) is 11.8 Å². The minimum Gasteiger partial charge on any atom is -0.294 e. The summed E-state index contributed by atoms with van der Waals surface area (Å²) in [6.45, 7) is 3.82. The van der Waals surface area contributed by atoms with Crippen LogP contribution in [0.15, 0.2) is 12.1 Å². The molecule has 2 aromatic rings. The Morgan fingerprint density at radius 3 is 2.71 bits per heavy atom. The van der Waals surface area contributed by atoms with Crippen molar-refractivity contribution in [1.29, 1.82) is 0 Å². The fourth-order valence-electron chi connectivity index (χ4n) is 1.77. The average molecular weight is 256 g/mol. The fraction of sp³-hybridized carbons (Fsp3) is 0.273. The van der Waals surface area contributed by atoms with Crippen molar-refractivity contribution in [2.45, 2.75) is 19.8 Å². The number of fused-ring (bicyclic) bond motifs is 1. The molecule has 0 aliphatic carbocycles. The molecule has 2 rings (SSSR count). The lowest BCUT2D eigenvalue weighted by molar-refractivity contribution is 0.111. The van der Waals surface area contributed by atoms with Crippen molar-refractivity contribution in [3.63, 3.8) is 0 Å². The van der Waals surface area contributed by atoms with E-state index in [9.17, 15) is 13.1 Å². The highest BCUT2D eigenvalue weighted by Crippen LogP contribution is 2.31. The molecule has 0 amide bonds. The molecule has 17 heavy (non-hydrogen) atoms. The Balaban J connectivity index is 2.91. The van der Waals surface area contributed by atoms with Gasteiger partial charge >= 0.3 is 0 Å². The van der Waals surface area contributed by atoms with E-state index in [1.54, 1.807) is 6.07 Å². The molecule has 0 atom stereocenters. The first-order valence-corrected chi connectivity index (χ1v) is 5.72. The minimum atomic E-state index is -0.555. The van der Waals surface area contributed by atoms with Gasteiger partial charge in [0, 0.05) is 0 Å². The number of nitrogens with zero attached hydrogens (tertiary/aromatic N) is 2. The number of rotatable bonds is 3. The van der Waals surface area contributed by atoms with Crippen LogP contribution in [0.2, 0.25) is 0 Å². The van der Waals surface area contributed by atoms with E-state index in [-0.39, 0.29) is 29.6 Å². The third-order valence-corrected chi connectivity index (χ3v) is 3.07. The highest BCUT2D eigenvalue weighted by molar-refractivity contribution is 7.93. The Morgan fingerprint density at radius 2 is 2.18 bits per heavy atom. The second-order valence-corrected chi connectivity index (χ2v) is 4.44. The third kappa shape index (κ3) is 1.82. The van der Waals surface area contributed by atoms with Crippen molar-refractivity contribution < 1.29 is 13.1 Å². The quantitative estimate of drug-likeness (QED) is 0.788. The Bertz CT molecular complexity index is 580. The molecule has 1 heterocycles. The monoisotopic (exact) mass is 256 g/mol. The minimum absolute atomic E-state index is 0.0310. The predicted octanol–water partition coefficient (Wildman–Crippen LogP) is 3.49. The van der Waals surface area contributed by atoms with Gasteiger partial charge < -0.3 is 0 Å². The zero-order valence-corrected chi connectivity index (χ0v) is 10.1. The van der Waals surface area contributed by atoms with Crippen LogP contribution >= 0.6 is 12.3 Å². The van der Waals surface area contributed by atoms with Crippen molar-refractivity contribution in [3.05, 3.63) is 29.3 Å². The maximum absolute atomic E-state index is 13.6. The molecule has 0 fully saturated rings. The molecule has 0 saturated carbocycles. The van der Waals surface area contributed by atoms with Gasteiger partial charge in [0.15, 0.2) is 30.3 Å². The summed E-state index contributed by atoms with van der Waals surface area (Å²) in [6, 6.07) is 2.87. The van der Waals surface area contributed by atoms with Crippen molar-refractivity contribution >= 4 is 29.7 Å². The van der Waals surface area contributed by atoms with Crippen LogP contribution in [-0.4, -0.2) is 15.2 Å². The third-order valence-electron chi connectivity index (χ3n) is 2.57. The van der Waals surface area contributed by atoms with E-state index < -0.39 is 5.82 Å². The zero-order valence-electron chi connectivity index (χ0n) is 9.28. The van der Waals surface area contributed by atoms with Crippen LogP contribution in [0.1, 0.15) is 35.9 Å². The van der Waals surface area contributed by atoms with Gasteiger partial charge in [-0.1, -0.05) is 19.9 Å². The molecular formula is C11H10F2N2OS. The lowest BCUT2D eigenvalue weighted by atomic mass is 10.0. The predicted molar refractivity (Wildman–Crippen MR) is 63.3 cm³/mol. The second kappa shape index (κ2) is 4.44. The first-order chi connectivity index (χ1) is 8.10. The number of aldehydes is 1. The molecule has 0 aliphatic heterocycles. The van der Waals surface area contributed by atoms with Gasteiger partial charge in [0.2, 0.25) is 0 Å². The van der Waals surface area contributed by atoms with Crippen molar-refractivity contribution in [3.8, 4) is 0 Å². The van der Waals surface area contributed by atoms with E-state index in [2.05, 4.69) is 4.98 Å². The van der Waals surface area contributed by atoms with Gasteiger partial charge in [0.05, 0.1) is 5.52 Å². The Labute approximate surface area is 101 Å². The van der Waals surface area contributed by atoms with Crippen LogP contribution in [0.25, 0.3) is 11.0 Å². The molecule has 0 saturated heterocycles. The number of benzene rings is 1. The van der Waals surface area contributed by atoms with Crippen molar-refractivity contribution in [1.82, 2.24) is 8.96 Å². The first-order valence-electron chi connectivity index (χ1n) is 5.05. The largest absolute Gasteiger partial charge is 0.294 e. The fourth-order valence-corrected chi connectivity index (χ4v) is 2.19. The number of halogens is 2. The van der Waals surface area contributed by atoms with Crippen LogP contribution in [0.5, 0.6) is 0 Å². The number of imidazole rings is 1. The molecule has 90 valence electrons. The first kappa shape index (κ1) is 12.0. The number of carbonyl (C=O) groups excluding carboxylic acids is 1. The Morgan fingerprint density at radius 1 is 1.47 bits per heavy atom. The highest BCUT2D eigenvalue weighted by Gasteiger charge is 2.19. The summed E-state index contributed by atoms with van der Waals surface area (Å²) in [4.78, 5) is 14.6. The average Bonchev–Trinajstić information content (AvgIpc) is 2.68. The van der Waals surface area contributed by atoms with Crippen molar-refractivity contribution in [2.24, 2.45) is 0 Å². The number of carbonyl (C=O) groups is 1. The molecule has 0 spiro atoms. The van der Waals surface area contributed by atoms with Crippen LogP contribution in [0.4, 0.5) is 8.28 Å². The van der Waals surface area contributed by atoms with Gasteiger partial charge in [-0.25, -0.2) is 13.3 Å². The van der Waals surface area contributed by atoms with Crippen LogP contribution in [0, 0.1) is 5.82 Å². The van der Waals surface area contributed by atoms with Gasteiger partial charge in [-0.2, -0.15) is 0 Å². The summed E-state index contributed by atoms with van der Waals surface area (Å²) in [5, 5.41) is 0. The zero-order chi connectivity index (χ0) is 12.6. The maximum atomic E-state index is 13.6. The van der Waals surface area contributed by atoms with Gasteiger partial charge in [-0.05, 0) is 17.5 Å². The Kier molecular flexibility index (Phi) is 3.15. The number of hydrogen-bond acceptors (Lipinski definition) is 3. The molecule has 0 bridgehead atoms. The summed E-state index contributed by atoms with van der Waals surface area (Å²) in [5.74, 6) is -0.597. The van der Waals surface area contributed by atoms with Crippen LogP contribution < -0.4 is 0 Å². The summed E-state index contributed by atoms with van der Waals surface area (Å²) in [6.07, 6.45) is 0.413. The molecule has 3 nitrogen and oxygen atoms in total. The van der Waals surface area contributed by atoms with Crippen molar-refractivity contribution in [2.75, 3.05) is 0 Å². The van der Waals surface area contributed by atoms with Gasteiger partial charge in [0.25, 0.3) is 0 Å². The summed E-state index contributed by atoms with van der Waals surface area (Å²) in [7, 11) is 0. The van der Waals surface area contributed by atoms with E-state index in [1.807, 2.05) is 13.8 Å². The van der Waals surface area contributed by atoms with Gasteiger partial charge in [-0.15, -0.1) is 3.89 Å². The maximum Gasteiger partial charge on any atom is 0.186 e. The van der Waals surface area contributed by atoms with Gasteiger partial charge in [-0.3, -0.25) is 4.79 Å². The van der Waals surface area contributed by atoms with E-state index in [0.717, 1.165) is 9.54 Å². The molecule has 0 N–H and O–H groups in total. The SMILES string of the molecule is CC(C)c1ccc(F)c2nc(C=O)n(SF)c12. The lowest BCUT2D eigenvalue weighted by Gasteiger charge is -2.08. The summed E-state index contributed by atoms with van der Waals surface area (Å²) >= 11 is -0.147. The second-order valence-electron chi connectivity index (χ2n) is 3.94. The molecular weight excluding hydrogens is 246 g/mol. The summed E-state index contributed by atoms with van der Waals surface area (Å²) < 4.78 is 27.5. The van der Waals surface area contributed by atoms with E-state index in [1.165, 1.54) is 6.07 Å². The standard InChI is InChI=1S/C11H10F2N2OS/c1-6(2)7-3-4-8(12)10-11(7)15(17-13)9(5-16)14-10/h3-6H,1-2H3. The molecule has 0 unspecified atom stereocenters. The normalized spacial score (nSPS) is 11.4. The molecule has 1 aromatic heterocycles.